The van der Waals surface area contributed by atoms with Crippen molar-refractivity contribution in [2.75, 3.05) is 23.3 Å². The van der Waals surface area contributed by atoms with Gasteiger partial charge in [-0.2, -0.15) is 0 Å². The quantitative estimate of drug-likeness (QED) is 0.617. The van der Waals surface area contributed by atoms with E-state index in [0.717, 1.165) is 4.31 Å². The van der Waals surface area contributed by atoms with Crippen LogP contribution in [0.5, 0.6) is 5.75 Å². The first-order valence-corrected chi connectivity index (χ1v) is 10.3. The van der Waals surface area contributed by atoms with Gasteiger partial charge >= 0.3 is 0 Å². The number of methoxy groups -OCH3 is 1. The summed E-state index contributed by atoms with van der Waals surface area (Å²) >= 11 is 5.93. The maximum absolute atomic E-state index is 13.2. The number of rotatable bonds is 7. The molecule has 0 unspecified atom stereocenters. The Morgan fingerprint density at radius 1 is 1.14 bits per heavy atom. The van der Waals surface area contributed by atoms with E-state index in [1.54, 1.807) is 48.5 Å². The van der Waals surface area contributed by atoms with Crippen LogP contribution in [-0.2, 0) is 14.8 Å². The fourth-order valence-corrected chi connectivity index (χ4v) is 4.16. The van der Waals surface area contributed by atoms with Crippen LogP contribution in [0.1, 0.15) is 0 Å². The molecule has 0 spiro atoms. The first-order chi connectivity index (χ1) is 13.9. The Balaban J connectivity index is 1.93. The molecule has 3 aromatic rings. The Bertz CT molecular complexity index is 1090. The monoisotopic (exact) mass is 431 g/mol. The second-order valence-corrected chi connectivity index (χ2v) is 8.26. The highest BCUT2D eigenvalue weighted by atomic mass is 35.5. The zero-order valence-electron chi connectivity index (χ0n) is 15.4. The molecule has 0 saturated carbocycles. The van der Waals surface area contributed by atoms with Crippen molar-refractivity contribution in [3.05, 3.63) is 78.1 Å². The summed E-state index contributed by atoms with van der Waals surface area (Å²) in [5.74, 6) is 0.0476. The van der Waals surface area contributed by atoms with E-state index in [0.29, 0.717) is 22.1 Å². The third-order valence-corrected chi connectivity index (χ3v) is 5.97. The van der Waals surface area contributed by atoms with Crippen LogP contribution < -0.4 is 14.4 Å². The fraction of sp³-hybridized carbons (Fsp3) is 0.100. The number of nitrogens with one attached hydrogen (secondary N) is 1. The standard InChI is InChI=1S/C20H18ClN3O4S/c1-28-18-9-7-17(8-10-18)24(29(26,27)19-6-3-11-22-13-19)14-20(25)23-16-5-2-4-15(21)12-16/h2-13H,14H2,1H3,(H,23,25). The van der Waals surface area contributed by atoms with E-state index in [2.05, 4.69) is 10.3 Å². The molecule has 0 aliphatic rings. The zero-order chi connectivity index (χ0) is 20.9. The first kappa shape index (κ1) is 20.6. The first-order valence-electron chi connectivity index (χ1n) is 8.52. The lowest BCUT2D eigenvalue weighted by atomic mass is 10.3. The maximum Gasteiger partial charge on any atom is 0.266 e. The van der Waals surface area contributed by atoms with E-state index in [1.807, 2.05) is 0 Å². The number of hydrogen-bond acceptors (Lipinski definition) is 5. The smallest absolute Gasteiger partial charge is 0.266 e. The molecule has 1 heterocycles. The van der Waals surface area contributed by atoms with Crippen LogP contribution in [0.25, 0.3) is 0 Å². The van der Waals surface area contributed by atoms with Crippen LogP contribution in [0.3, 0.4) is 0 Å². The minimum absolute atomic E-state index is 0.0219. The van der Waals surface area contributed by atoms with E-state index >= 15 is 0 Å². The van der Waals surface area contributed by atoms with Crippen LogP contribution in [0, 0.1) is 0 Å². The van der Waals surface area contributed by atoms with E-state index in [9.17, 15) is 13.2 Å². The van der Waals surface area contributed by atoms with E-state index < -0.39 is 22.5 Å². The molecule has 0 saturated heterocycles. The molecule has 150 valence electrons. The lowest BCUT2D eigenvalue weighted by Gasteiger charge is -2.24. The van der Waals surface area contributed by atoms with Crippen LogP contribution >= 0.6 is 11.6 Å². The molecule has 0 bridgehead atoms. The summed E-state index contributed by atoms with van der Waals surface area (Å²) in [5, 5.41) is 3.12. The summed E-state index contributed by atoms with van der Waals surface area (Å²) < 4.78 is 32.5. The lowest BCUT2D eigenvalue weighted by molar-refractivity contribution is -0.114. The largest absolute Gasteiger partial charge is 0.497 e. The molecule has 1 amide bonds. The van der Waals surface area contributed by atoms with Gasteiger partial charge < -0.3 is 10.1 Å². The number of halogens is 1. The molecule has 2 aromatic carbocycles. The Morgan fingerprint density at radius 2 is 1.90 bits per heavy atom. The van der Waals surface area contributed by atoms with Gasteiger partial charge in [-0.3, -0.25) is 14.1 Å². The van der Waals surface area contributed by atoms with E-state index in [4.69, 9.17) is 16.3 Å². The van der Waals surface area contributed by atoms with Gasteiger partial charge in [-0.05, 0) is 54.6 Å². The number of pyridine rings is 1. The molecule has 0 atom stereocenters. The summed E-state index contributed by atoms with van der Waals surface area (Å²) in [4.78, 5) is 16.5. The van der Waals surface area contributed by atoms with Gasteiger partial charge in [-0.15, -0.1) is 0 Å². The summed E-state index contributed by atoms with van der Waals surface area (Å²) in [6.45, 7) is -0.434. The molecule has 3 rings (SSSR count). The molecular weight excluding hydrogens is 414 g/mol. The van der Waals surface area contributed by atoms with Crippen molar-refractivity contribution in [1.82, 2.24) is 4.98 Å². The Hall–Kier alpha value is -3.10. The number of benzene rings is 2. The number of nitrogens with zero attached hydrogens (tertiary/aromatic N) is 2. The molecule has 1 N–H and O–H groups in total. The Labute approximate surface area is 174 Å². The van der Waals surface area contributed by atoms with E-state index in [-0.39, 0.29) is 4.90 Å². The van der Waals surface area contributed by atoms with Crippen molar-refractivity contribution in [3.63, 3.8) is 0 Å². The van der Waals surface area contributed by atoms with Gasteiger partial charge in [0.05, 0.1) is 12.8 Å². The zero-order valence-corrected chi connectivity index (χ0v) is 17.0. The van der Waals surface area contributed by atoms with Crippen molar-refractivity contribution >= 4 is 38.9 Å². The van der Waals surface area contributed by atoms with Crippen LogP contribution in [0.2, 0.25) is 5.02 Å². The van der Waals surface area contributed by atoms with Gasteiger partial charge in [0.25, 0.3) is 10.0 Å². The van der Waals surface area contributed by atoms with Crippen molar-refractivity contribution < 1.29 is 17.9 Å². The summed E-state index contributed by atoms with van der Waals surface area (Å²) in [5.41, 5.74) is 0.784. The van der Waals surface area contributed by atoms with Crippen LogP contribution in [0.4, 0.5) is 11.4 Å². The van der Waals surface area contributed by atoms with Crippen LogP contribution in [-0.4, -0.2) is 33.0 Å². The third-order valence-electron chi connectivity index (χ3n) is 3.98. The van der Waals surface area contributed by atoms with E-state index in [1.165, 1.54) is 31.6 Å². The van der Waals surface area contributed by atoms with Gasteiger partial charge in [-0.25, -0.2) is 8.42 Å². The maximum atomic E-state index is 13.2. The molecule has 1 aromatic heterocycles. The van der Waals surface area contributed by atoms with Crippen molar-refractivity contribution in [2.24, 2.45) is 0 Å². The number of hydrogen-bond donors (Lipinski definition) is 1. The van der Waals surface area contributed by atoms with Gasteiger partial charge in [0.15, 0.2) is 0 Å². The third kappa shape index (κ3) is 5.04. The number of anilines is 2. The minimum Gasteiger partial charge on any atom is -0.497 e. The van der Waals surface area contributed by atoms with Gasteiger partial charge in [-0.1, -0.05) is 17.7 Å². The van der Waals surface area contributed by atoms with Crippen LogP contribution in [0.15, 0.2) is 78.0 Å². The number of ether oxygens (including phenoxy) is 1. The lowest BCUT2D eigenvalue weighted by Crippen LogP contribution is -2.38. The predicted octanol–water partition coefficient (Wildman–Crippen LogP) is 3.58. The molecule has 0 fully saturated rings. The normalized spacial score (nSPS) is 11.0. The average molecular weight is 432 g/mol. The van der Waals surface area contributed by atoms with Crippen molar-refractivity contribution in [1.29, 1.82) is 0 Å². The SMILES string of the molecule is COc1ccc(N(CC(=O)Nc2cccc(Cl)c2)S(=O)(=O)c2cccnc2)cc1. The summed E-state index contributed by atoms with van der Waals surface area (Å²) in [7, 11) is -2.51. The molecule has 0 aliphatic heterocycles. The highest BCUT2D eigenvalue weighted by Crippen LogP contribution is 2.25. The van der Waals surface area contributed by atoms with Gasteiger partial charge in [0.1, 0.15) is 17.2 Å². The highest BCUT2D eigenvalue weighted by Gasteiger charge is 2.27. The van der Waals surface area contributed by atoms with Crippen molar-refractivity contribution in [3.8, 4) is 5.75 Å². The number of amides is 1. The fourth-order valence-electron chi connectivity index (χ4n) is 2.59. The molecule has 9 heteroatoms. The second-order valence-electron chi connectivity index (χ2n) is 5.96. The van der Waals surface area contributed by atoms with Gasteiger partial charge in [0, 0.05) is 23.1 Å². The minimum atomic E-state index is -4.03. The molecular formula is C20H18ClN3O4S. The number of carbonyl (C=O) groups excluding carboxylic acids is 1. The number of sulfonamides is 1. The molecule has 0 radical (unpaired) electrons. The van der Waals surface area contributed by atoms with Gasteiger partial charge in [0.2, 0.25) is 5.91 Å². The molecule has 0 aliphatic carbocycles. The second kappa shape index (κ2) is 8.93. The highest BCUT2D eigenvalue weighted by molar-refractivity contribution is 7.92. The Kier molecular flexibility index (Phi) is 6.36. The Morgan fingerprint density at radius 3 is 2.52 bits per heavy atom. The average Bonchev–Trinajstić information content (AvgIpc) is 2.73. The summed E-state index contributed by atoms with van der Waals surface area (Å²) in [6.07, 6.45) is 2.71. The van der Waals surface area contributed by atoms with Crippen molar-refractivity contribution in [2.45, 2.75) is 4.90 Å². The molecule has 29 heavy (non-hydrogen) atoms. The number of aromatic nitrogens is 1. The molecule has 7 nitrogen and oxygen atoms in total. The topological polar surface area (TPSA) is 88.6 Å². The summed E-state index contributed by atoms with van der Waals surface area (Å²) in [6, 6.07) is 15.9. The number of carbonyl (C=O) groups is 1. The predicted molar refractivity (Wildman–Crippen MR) is 112 cm³/mol.